The Hall–Kier alpha value is -1.33. The van der Waals surface area contributed by atoms with Crippen LogP contribution in [0.3, 0.4) is 0 Å². The Bertz CT molecular complexity index is 423. The van der Waals surface area contributed by atoms with E-state index in [1.165, 1.54) is 0 Å². The van der Waals surface area contributed by atoms with Crippen LogP contribution in [0.2, 0.25) is 19.1 Å². The van der Waals surface area contributed by atoms with Gasteiger partial charge >= 0.3 is 5.97 Å². The van der Waals surface area contributed by atoms with Crippen LogP contribution in [0.1, 0.15) is 19.8 Å². The van der Waals surface area contributed by atoms with E-state index in [-0.39, 0.29) is 6.42 Å². The van der Waals surface area contributed by atoms with E-state index in [4.69, 9.17) is 9.53 Å². The van der Waals surface area contributed by atoms with Gasteiger partial charge in [-0.1, -0.05) is 18.2 Å². The highest BCUT2D eigenvalue weighted by atomic mass is 28.4. The molecule has 0 aliphatic carbocycles. The molecule has 118 valence electrons. The SMILES string of the molecule is CCO[Si](C)(C)CCCN(CCC(=O)O)c1ccccc1. The van der Waals surface area contributed by atoms with Crippen molar-refractivity contribution in [2.75, 3.05) is 24.6 Å². The van der Waals surface area contributed by atoms with Crippen molar-refractivity contribution in [1.29, 1.82) is 0 Å². The highest BCUT2D eigenvalue weighted by Crippen LogP contribution is 2.18. The zero-order valence-electron chi connectivity index (χ0n) is 13.3. The Morgan fingerprint density at radius 3 is 2.48 bits per heavy atom. The molecule has 1 aromatic rings. The number of hydrogen-bond acceptors (Lipinski definition) is 3. The molecule has 0 saturated heterocycles. The van der Waals surface area contributed by atoms with Crippen LogP contribution >= 0.6 is 0 Å². The lowest BCUT2D eigenvalue weighted by atomic mass is 10.2. The van der Waals surface area contributed by atoms with Gasteiger partial charge in [0.15, 0.2) is 8.32 Å². The van der Waals surface area contributed by atoms with Crippen LogP contribution in [0.15, 0.2) is 30.3 Å². The molecule has 5 heteroatoms. The molecule has 0 aliphatic heterocycles. The average Bonchev–Trinajstić information content (AvgIpc) is 2.43. The number of rotatable bonds is 10. The molecule has 4 nitrogen and oxygen atoms in total. The van der Waals surface area contributed by atoms with Gasteiger partial charge in [0.1, 0.15) is 0 Å². The molecule has 1 rings (SSSR count). The molecular weight excluding hydrogens is 282 g/mol. The van der Waals surface area contributed by atoms with Gasteiger partial charge < -0.3 is 14.4 Å². The smallest absolute Gasteiger partial charge is 0.305 e. The van der Waals surface area contributed by atoms with Crippen LogP contribution in [-0.2, 0) is 9.22 Å². The molecule has 0 saturated carbocycles. The second-order valence-electron chi connectivity index (χ2n) is 5.76. The number of carboxylic acid groups (broad SMARTS) is 1. The van der Waals surface area contributed by atoms with Crippen molar-refractivity contribution in [3.05, 3.63) is 30.3 Å². The molecule has 1 N–H and O–H groups in total. The summed E-state index contributed by atoms with van der Waals surface area (Å²) in [5, 5.41) is 8.89. The van der Waals surface area contributed by atoms with E-state index >= 15 is 0 Å². The summed E-state index contributed by atoms with van der Waals surface area (Å²) in [5.74, 6) is -0.750. The summed E-state index contributed by atoms with van der Waals surface area (Å²) in [6, 6.07) is 11.1. The van der Waals surface area contributed by atoms with Crippen molar-refractivity contribution in [3.8, 4) is 0 Å². The fraction of sp³-hybridized carbons (Fsp3) is 0.562. The Labute approximate surface area is 128 Å². The number of nitrogens with zero attached hydrogens (tertiary/aromatic N) is 1. The number of carbonyl (C=O) groups is 1. The van der Waals surface area contributed by atoms with Crippen molar-refractivity contribution < 1.29 is 14.3 Å². The summed E-state index contributed by atoms with van der Waals surface area (Å²) < 4.78 is 5.84. The number of benzene rings is 1. The van der Waals surface area contributed by atoms with Gasteiger partial charge in [-0.25, -0.2) is 0 Å². The summed E-state index contributed by atoms with van der Waals surface area (Å²) >= 11 is 0. The fourth-order valence-corrected chi connectivity index (χ4v) is 4.33. The van der Waals surface area contributed by atoms with Crippen LogP contribution in [0.5, 0.6) is 0 Å². The first kappa shape index (κ1) is 17.7. The molecule has 0 amide bonds. The predicted molar refractivity (Wildman–Crippen MR) is 89.4 cm³/mol. The molecule has 0 heterocycles. The summed E-state index contributed by atoms with van der Waals surface area (Å²) in [6.07, 6.45) is 1.20. The van der Waals surface area contributed by atoms with Gasteiger partial charge in [-0.05, 0) is 44.6 Å². The maximum Gasteiger partial charge on any atom is 0.305 e. The first-order valence-corrected chi connectivity index (χ1v) is 10.7. The van der Waals surface area contributed by atoms with Gasteiger partial charge in [0, 0.05) is 25.4 Å². The summed E-state index contributed by atoms with van der Waals surface area (Å²) in [5.41, 5.74) is 1.09. The van der Waals surface area contributed by atoms with E-state index in [0.29, 0.717) is 6.54 Å². The van der Waals surface area contributed by atoms with E-state index in [2.05, 4.69) is 18.0 Å². The molecule has 0 aromatic heterocycles. The highest BCUT2D eigenvalue weighted by Gasteiger charge is 2.21. The Kier molecular flexibility index (Phi) is 7.46. The fourth-order valence-electron chi connectivity index (χ4n) is 2.40. The predicted octanol–water partition coefficient (Wildman–Crippen LogP) is 3.60. The minimum Gasteiger partial charge on any atom is -0.481 e. The molecule has 21 heavy (non-hydrogen) atoms. The third-order valence-electron chi connectivity index (χ3n) is 3.46. The lowest BCUT2D eigenvalue weighted by Crippen LogP contribution is -2.33. The van der Waals surface area contributed by atoms with Gasteiger partial charge in [-0.2, -0.15) is 0 Å². The van der Waals surface area contributed by atoms with Crippen molar-refractivity contribution >= 4 is 20.0 Å². The van der Waals surface area contributed by atoms with Gasteiger partial charge in [0.25, 0.3) is 0 Å². The molecule has 0 spiro atoms. The Balaban J connectivity index is 2.55. The van der Waals surface area contributed by atoms with Gasteiger partial charge in [0.05, 0.1) is 6.42 Å². The maximum absolute atomic E-state index is 10.8. The van der Waals surface area contributed by atoms with Crippen LogP contribution in [0.4, 0.5) is 5.69 Å². The number of hydrogen-bond donors (Lipinski definition) is 1. The van der Waals surface area contributed by atoms with Crippen molar-refractivity contribution in [2.24, 2.45) is 0 Å². The van der Waals surface area contributed by atoms with Gasteiger partial charge in [-0.15, -0.1) is 0 Å². The summed E-state index contributed by atoms with van der Waals surface area (Å²) in [6.45, 7) is 8.72. The van der Waals surface area contributed by atoms with E-state index < -0.39 is 14.3 Å². The van der Waals surface area contributed by atoms with Crippen LogP contribution in [-0.4, -0.2) is 39.1 Å². The minimum absolute atomic E-state index is 0.168. The van der Waals surface area contributed by atoms with Gasteiger partial charge in [0.2, 0.25) is 0 Å². The lowest BCUT2D eigenvalue weighted by Gasteiger charge is -2.27. The van der Waals surface area contributed by atoms with Crippen molar-refractivity contribution in [3.63, 3.8) is 0 Å². The molecular formula is C16H27NO3Si. The third kappa shape index (κ3) is 7.29. The quantitative estimate of drug-likeness (QED) is 0.671. The van der Waals surface area contributed by atoms with E-state index in [9.17, 15) is 4.79 Å². The number of carboxylic acids is 1. The zero-order chi connectivity index (χ0) is 15.7. The molecule has 0 radical (unpaired) electrons. The average molecular weight is 309 g/mol. The van der Waals surface area contributed by atoms with Crippen LogP contribution in [0.25, 0.3) is 0 Å². The lowest BCUT2D eigenvalue weighted by molar-refractivity contribution is -0.136. The molecule has 1 aromatic carbocycles. The normalized spacial score (nSPS) is 11.4. The topological polar surface area (TPSA) is 49.8 Å². The van der Waals surface area contributed by atoms with Crippen molar-refractivity contribution in [1.82, 2.24) is 0 Å². The molecule has 0 aliphatic rings. The minimum atomic E-state index is -1.56. The first-order valence-electron chi connectivity index (χ1n) is 7.60. The van der Waals surface area contributed by atoms with E-state index in [1.807, 2.05) is 37.3 Å². The van der Waals surface area contributed by atoms with Crippen molar-refractivity contribution in [2.45, 2.75) is 38.9 Å². The molecule has 0 fully saturated rings. The number of aliphatic carboxylic acids is 1. The highest BCUT2D eigenvalue weighted by molar-refractivity contribution is 6.71. The Morgan fingerprint density at radius 1 is 1.24 bits per heavy atom. The summed E-state index contributed by atoms with van der Waals surface area (Å²) in [7, 11) is -1.56. The number of anilines is 1. The van der Waals surface area contributed by atoms with Crippen LogP contribution in [0, 0.1) is 0 Å². The Morgan fingerprint density at radius 2 is 1.90 bits per heavy atom. The monoisotopic (exact) mass is 309 g/mol. The van der Waals surface area contributed by atoms with Crippen LogP contribution < -0.4 is 4.90 Å². The largest absolute Gasteiger partial charge is 0.481 e. The second-order valence-corrected chi connectivity index (χ2v) is 10.1. The van der Waals surface area contributed by atoms with E-state index in [0.717, 1.165) is 31.3 Å². The maximum atomic E-state index is 10.8. The van der Waals surface area contributed by atoms with Gasteiger partial charge in [-0.3, -0.25) is 4.79 Å². The third-order valence-corrected chi connectivity index (χ3v) is 6.09. The first-order chi connectivity index (χ1) is 9.94. The summed E-state index contributed by atoms with van der Waals surface area (Å²) in [4.78, 5) is 13.0. The second kappa shape index (κ2) is 8.84. The standard InChI is InChI=1S/C16H27NO3Si/c1-4-20-21(2,3)14-8-12-17(13-11-16(18)19)15-9-6-5-7-10-15/h5-7,9-10H,4,8,11-14H2,1-3H3,(H,18,19). The molecule has 0 bridgehead atoms. The van der Waals surface area contributed by atoms with E-state index in [1.54, 1.807) is 0 Å². The zero-order valence-corrected chi connectivity index (χ0v) is 14.3. The molecule has 0 unspecified atom stereocenters. The number of para-hydroxylation sites is 1. The molecule has 0 atom stereocenters.